The summed E-state index contributed by atoms with van der Waals surface area (Å²) in [6, 6.07) is 3.75. The molecule has 0 aromatic carbocycles. The normalized spacial score (nSPS) is 28.0. The molecule has 3 aromatic rings. The van der Waals surface area contributed by atoms with Crippen LogP contribution in [0, 0.1) is 5.92 Å². The van der Waals surface area contributed by atoms with Gasteiger partial charge >= 0.3 is 11.7 Å². The topological polar surface area (TPSA) is 123 Å². The molecule has 158 valence electrons. The van der Waals surface area contributed by atoms with Gasteiger partial charge in [0.1, 0.15) is 16.9 Å². The lowest BCUT2D eigenvalue weighted by molar-refractivity contribution is -0.0592. The van der Waals surface area contributed by atoms with Gasteiger partial charge < -0.3 is 14.4 Å². The molecule has 30 heavy (non-hydrogen) atoms. The Morgan fingerprint density at radius 1 is 1.37 bits per heavy atom. The number of carbonyl (C=O) groups is 1. The molecule has 9 heteroatoms. The molecular weight excluding hydrogens is 388 g/mol. The second kappa shape index (κ2) is 6.28. The molecule has 1 saturated heterocycles. The standard InChI is InChI=1S/C21H24N4O5/c1-11-9-21(11,18-23-19(28)30-24-18)25-15(17(26)27)14(13-5-4-7-22-16(13)25)12-6-8-29-20(2,3)10-12/h4-5,7,11-12H,6,8-10H2,1-3H3,(H,26,27)(H,23,24,28)/t11-,12?,21-/m0/s1. The van der Waals surface area contributed by atoms with Gasteiger partial charge in [0.15, 0.2) is 5.82 Å². The van der Waals surface area contributed by atoms with Crippen molar-refractivity contribution < 1.29 is 19.2 Å². The van der Waals surface area contributed by atoms with Crippen LogP contribution >= 0.6 is 0 Å². The Morgan fingerprint density at radius 3 is 2.73 bits per heavy atom. The second-order valence-electron chi connectivity index (χ2n) is 9.05. The Kier molecular flexibility index (Phi) is 3.99. The maximum absolute atomic E-state index is 12.6. The summed E-state index contributed by atoms with van der Waals surface area (Å²) in [6.07, 6.45) is 3.75. The summed E-state index contributed by atoms with van der Waals surface area (Å²) in [5.41, 5.74) is 0.441. The van der Waals surface area contributed by atoms with E-state index in [1.165, 1.54) is 0 Å². The van der Waals surface area contributed by atoms with Crippen molar-refractivity contribution in [2.24, 2.45) is 5.92 Å². The number of rotatable bonds is 4. The Bertz CT molecular complexity index is 1210. The highest BCUT2D eigenvalue weighted by Crippen LogP contribution is 2.56. The highest BCUT2D eigenvalue weighted by molar-refractivity contribution is 5.98. The Balaban J connectivity index is 1.81. The molecule has 2 fully saturated rings. The van der Waals surface area contributed by atoms with Crippen LogP contribution in [0.2, 0.25) is 0 Å². The van der Waals surface area contributed by atoms with Crippen molar-refractivity contribution in [3.8, 4) is 0 Å². The monoisotopic (exact) mass is 412 g/mol. The maximum Gasteiger partial charge on any atom is 0.438 e. The number of nitrogens with zero attached hydrogens (tertiary/aromatic N) is 3. The maximum atomic E-state index is 12.6. The number of carboxylic acids is 1. The van der Waals surface area contributed by atoms with Gasteiger partial charge in [-0.15, -0.1) is 0 Å². The number of carboxylic acid groups (broad SMARTS) is 1. The Labute approximate surface area is 172 Å². The second-order valence-corrected chi connectivity index (χ2v) is 9.05. The van der Waals surface area contributed by atoms with Gasteiger partial charge in [-0.05, 0) is 62.6 Å². The van der Waals surface area contributed by atoms with Gasteiger partial charge in [-0.1, -0.05) is 12.1 Å². The zero-order valence-corrected chi connectivity index (χ0v) is 17.1. The number of aromatic amines is 1. The molecule has 1 aliphatic heterocycles. The van der Waals surface area contributed by atoms with Crippen LogP contribution in [0.25, 0.3) is 11.0 Å². The smallest absolute Gasteiger partial charge is 0.438 e. The van der Waals surface area contributed by atoms with Gasteiger partial charge in [0, 0.05) is 18.2 Å². The van der Waals surface area contributed by atoms with Crippen LogP contribution in [-0.4, -0.2) is 43.0 Å². The third kappa shape index (κ3) is 2.64. The molecule has 1 aliphatic carbocycles. The number of pyridine rings is 1. The fourth-order valence-corrected chi connectivity index (χ4v) is 5.20. The quantitative estimate of drug-likeness (QED) is 0.675. The molecule has 5 rings (SSSR count). The largest absolute Gasteiger partial charge is 0.477 e. The van der Waals surface area contributed by atoms with Gasteiger partial charge in [-0.2, -0.15) is 0 Å². The van der Waals surface area contributed by atoms with Crippen LogP contribution < -0.4 is 5.76 Å². The molecule has 4 heterocycles. The summed E-state index contributed by atoms with van der Waals surface area (Å²) in [5.74, 6) is -1.25. The van der Waals surface area contributed by atoms with Crippen molar-refractivity contribution in [3.63, 3.8) is 0 Å². The summed E-state index contributed by atoms with van der Waals surface area (Å²) in [6.45, 7) is 6.63. The van der Waals surface area contributed by atoms with Crippen molar-refractivity contribution in [3.05, 3.63) is 46.0 Å². The van der Waals surface area contributed by atoms with Gasteiger partial charge in [-0.3, -0.25) is 9.51 Å². The Morgan fingerprint density at radius 2 is 2.13 bits per heavy atom. The SMILES string of the molecule is C[C@H]1C[C@]1(c1noc(=O)[nH]1)n1c(C(=O)O)c(C2CCOC(C)(C)C2)c2cccnc21. The molecule has 0 amide bonds. The zero-order valence-electron chi connectivity index (χ0n) is 17.1. The third-order valence-electron chi connectivity index (χ3n) is 6.60. The van der Waals surface area contributed by atoms with Crippen molar-refractivity contribution in [1.82, 2.24) is 19.7 Å². The van der Waals surface area contributed by atoms with Crippen molar-refractivity contribution in [2.45, 2.75) is 57.1 Å². The summed E-state index contributed by atoms with van der Waals surface area (Å²) in [4.78, 5) is 31.5. The number of hydrogen-bond acceptors (Lipinski definition) is 6. The minimum atomic E-state index is -1.02. The third-order valence-corrected chi connectivity index (χ3v) is 6.60. The number of nitrogens with one attached hydrogen (secondary N) is 1. The van der Waals surface area contributed by atoms with E-state index in [0.717, 1.165) is 17.4 Å². The fraction of sp³-hybridized carbons (Fsp3) is 0.524. The van der Waals surface area contributed by atoms with E-state index < -0.39 is 17.3 Å². The molecule has 0 spiro atoms. The van der Waals surface area contributed by atoms with Crippen LogP contribution in [0.3, 0.4) is 0 Å². The van der Waals surface area contributed by atoms with Crippen LogP contribution in [0.4, 0.5) is 0 Å². The lowest BCUT2D eigenvalue weighted by Gasteiger charge is -2.36. The molecular formula is C21H24N4O5. The number of H-pyrrole nitrogens is 1. The van der Waals surface area contributed by atoms with Crippen molar-refractivity contribution in [2.75, 3.05) is 6.61 Å². The molecule has 0 bridgehead atoms. The van der Waals surface area contributed by atoms with Crippen LogP contribution in [-0.2, 0) is 10.3 Å². The molecule has 0 radical (unpaired) electrons. The van der Waals surface area contributed by atoms with E-state index in [4.69, 9.17) is 9.26 Å². The summed E-state index contributed by atoms with van der Waals surface area (Å²) < 4.78 is 12.4. The summed E-state index contributed by atoms with van der Waals surface area (Å²) in [5, 5.41) is 15.1. The number of aromatic nitrogens is 4. The van der Waals surface area contributed by atoms with Crippen molar-refractivity contribution in [1.29, 1.82) is 0 Å². The average molecular weight is 412 g/mol. The predicted molar refractivity (Wildman–Crippen MR) is 107 cm³/mol. The van der Waals surface area contributed by atoms with E-state index in [9.17, 15) is 14.7 Å². The lowest BCUT2D eigenvalue weighted by Crippen LogP contribution is -2.34. The minimum absolute atomic E-state index is 0.0234. The number of hydrogen-bond donors (Lipinski definition) is 2. The number of fused-ring (bicyclic) bond motifs is 1. The molecule has 3 atom stereocenters. The summed E-state index contributed by atoms with van der Waals surface area (Å²) >= 11 is 0. The average Bonchev–Trinajstić information content (AvgIpc) is 3.02. The van der Waals surface area contributed by atoms with Gasteiger partial charge in [0.25, 0.3) is 0 Å². The number of aromatic carboxylic acids is 1. The minimum Gasteiger partial charge on any atom is -0.477 e. The first kappa shape index (κ1) is 19.0. The van der Waals surface area contributed by atoms with E-state index in [0.29, 0.717) is 30.9 Å². The highest BCUT2D eigenvalue weighted by Gasteiger charge is 2.60. The van der Waals surface area contributed by atoms with Crippen LogP contribution in [0.5, 0.6) is 0 Å². The van der Waals surface area contributed by atoms with Gasteiger partial charge in [0.05, 0.1) is 5.60 Å². The summed E-state index contributed by atoms with van der Waals surface area (Å²) in [7, 11) is 0. The molecule has 2 N–H and O–H groups in total. The number of ether oxygens (including phenoxy) is 1. The highest BCUT2D eigenvalue weighted by atomic mass is 16.5. The lowest BCUT2D eigenvalue weighted by atomic mass is 9.82. The molecule has 1 saturated carbocycles. The van der Waals surface area contributed by atoms with Crippen molar-refractivity contribution >= 4 is 17.0 Å². The van der Waals surface area contributed by atoms with Gasteiger partial charge in [0.2, 0.25) is 0 Å². The Hall–Kier alpha value is -2.94. The first-order valence-corrected chi connectivity index (χ1v) is 10.2. The molecule has 2 aliphatic rings. The van der Waals surface area contributed by atoms with Crippen LogP contribution in [0.15, 0.2) is 27.6 Å². The van der Waals surface area contributed by atoms with E-state index >= 15 is 0 Å². The molecule has 1 unspecified atom stereocenters. The van der Waals surface area contributed by atoms with E-state index in [2.05, 4.69) is 15.1 Å². The predicted octanol–water partition coefficient (Wildman–Crippen LogP) is 2.87. The fourth-order valence-electron chi connectivity index (χ4n) is 5.20. The van der Waals surface area contributed by atoms with E-state index in [-0.39, 0.29) is 23.1 Å². The molecule has 9 nitrogen and oxygen atoms in total. The van der Waals surface area contributed by atoms with E-state index in [1.807, 2.05) is 32.9 Å². The first-order chi connectivity index (χ1) is 14.2. The zero-order chi connectivity index (χ0) is 21.3. The van der Waals surface area contributed by atoms with Gasteiger partial charge in [-0.25, -0.2) is 14.6 Å². The van der Waals surface area contributed by atoms with Crippen LogP contribution in [0.1, 0.15) is 67.8 Å². The molecule has 3 aromatic heterocycles. The first-order valence-electron chi connectivity index (χ1n) is 10.2. The van der Waals surface area contributed by atoms with E-state index in [1.54, 1.807) is 10.8 Å².